The quantitative estimate of drug-likeness (QED) is 0.497. The highest BCUT2D eigenvalue weighted by atomic mass is 14.1. The Hall–Kier alpha value is -0.520. The first-order valence-electron chi connectivity index (χ1n) is 4.17. The van der Waals surface area contributed by atoms with Crippen molar-refractivity contribution < 1.29 is 0 Å². The van der Waals surface area contributed by atoms with Gasteiger partial charge < -0.3 is 0 Å². The van der Waals surface area contributed by atoms with Crippen molar-refractivity contribution in [3.05, 3.63) is 23.8 Å². The van der Waals surface area contributed by atoms with Gasteiger partial charge in [0.2, 0.25) is 0 Å². The van der Waals surface area contributed by atoms with Crippen LogP contribution in [0.1, 0.15) is 53.9 Å². The van der Waals surface area contributed by atoms with Gasteiger partial charge in [0.1, 0.15) is 0 Å². The Balaban J connectivity index is 0. The van der Waals surface area contributed by atoms with E-state index in [1.807, 2.05) is 0 Å². The number of hydrogen-bond donors (Lipinski definition) is 0. The Bertz CT molecular complexity index is 139. The van der Waals surface area contributed by atoms with Crippen molar-refractivity contribution in [2.75, 3.05) is 0 Å². The molecule has 0 spiro atoms. The molecule has 0 saturated heterocycles. The van der Waals surface area contributed by atoms with Crippen molar-refractivity contribution in [2.24, 2.45) is 0 Å². The van der Waals surface area contributed by atoms with Gasteiger partial charge in [-0.25, -0.2) is 0 Å². The standard InChI is InChI=1S/C10H16.2CH4/c1-3-4-10-7-5-9(2)6-8-10;;/h4H,2-3,5-8H2,1H3;2*1H4. The van der Waals surface area contributed by atoms with Crippen LogP contribution in [-0.4, -0.2) is 0 Å². The van der Waals surface area contributed by atoms with Crippen molar-refractivity contribution in [1.29, 1.82) is 0 Å². The van der Waals surface area contributed by atoms with E-state index in [2.05, 4.69) is 19.6 Å². The molecule has 0 aromatic rings. The lowest BCUT2D eigenvalue weighted by atomic mass is 9.91. The minimum absolute atomic E-state index is 0. The van der Waals surface area contributed by atoms with Crippen LogP contribution in [0.2, 0.25) is 0 Å². The molecule has 0 aromatic heterocycles. The molecule has 0 amide bonds. The third-order valence-electron chi connectivity index (χ3n) is 2.09. The van der Waals surface area contributed by atoms with Crippen LogP contribution in [0, 0.1) is 0 Å². The van der Waals surface area contributed by atoms with Gasteiger partial charge in [0, 0.05) is 0 Å². The molecule has 1 saturated carbocycles. The van der Waals surface area contributed by atoms with Crippen LogP contribution in [0.4, 0.5) is 0 Å². The lowest BCUT2D eigenvalue weighted by molar-refractivity contribution is 0.726. The molecule has 0 bridgehead atoms. The van der Waals surface area contributed by atoms with E-state index in [0.717, 1.165) is 0 Å². The van der Waals surface area contributed by atoms with Gasteiger partial charge in [0.25, 0.3) is 0 Å². The molecule has 12 heavy (non-hydrogen) atoms. The second kappa shape index (κ2) is 7.15. The molecule has 0 radical (unpaired) electrons. The summed E-state index contributed by atoms with van der Waals surface area (Å²) in [6.45, 7) is 6.19. The summed E-state index contributed by atoms with van der Waals surface area (Å²) >= 11 is 0. The molecule has 0 N–H and O–H groups in total. The summed E-state index contributed by atoms with van der Waals surface area (Å²) in [5.74, 6) is 0. The first-order valence-corrected chi connectivity index (χ1v) is 4.17. The molecule has 0 aromatic carbocycles. The average Bonchev–Trinajstić information content (AvgIpc) is 1.95. The Labute approximate surface area is 78.4 Å². The fourth-order valence-corrected chi connectivity index (χ4v) is 1.42. The van der Waals surface area contributed by atoms with Crippen molar-refractivity contribution >= 4 is 0 Å². The molecule has 0 atom stereocenters. The number of hydrogen-bond acceptors (Lipinski definition) is 0. The summed E-state index contributed by atoms with van der Waals surface area (Å²) in [7, 11) is 0. The summed E-state index contributed by atoms with van der Waals surface area (Å²) in [5, 5.41) is 0. The lowest BCUT2D eigenvalue weighted by Gasteiger charge is -2.15. The minimum atomic E-state index is 0. The van der Waals surface area contributed by atoms with E-state index in [-0.39, 0.29) is 14.9 Å². The largest absolute Gasteiger partial charge is 0.0998 e. The molecule has 1 rings (SSSR count). The zero-order valence-electron chi connectivity index (χ0n) is 6.82. The molecule has 1 aliphatic rings. The van der Waals surface area contributed by atoms with E-state index in [9.17, 15) is 0 Å². The van der Waals surface area contributed by atoms with Crippen LogP contribution >= 0.6 is 0 Å². The third-order valence-corrected chi connectivity index (χ3v) is 2.09. The van der Waals surface area contributed by atoms with Crippen LogP contribution in [-0.2, 0) is 0 Å². The maximum Gasteiger partial charge on any atom is -0.0283 e. The number of rotatable bonds is 1. The Morgan fingerprint density at radius 1 is 1.17 bits per heavy atom. The predicted octanol–water partition coefficient (Wildman–Crippen LogP) is 4.73. The molecular weight excluding hydrogens is 144 g/mol. The SMILES string of the molecule is C.C.C=C1CCC(=CCC)CC1. The fraction of sp³-hybridized carbons (Fsp3) is 0.667. The van der Waals surface area contributed by atoms with Crippen LogP contribution in [0.3, 0.4) is 0 Å². The highest BCUT2D eigenvalue weighted by Crippen LogP contribution is 2.26. The molecule has 0 heterocycles. The molecular formula is C12H24. The molecule has 0 aliphatic heterocycles. The molecule has 1 fully saturated rings. The van der Waals surface area contributed by atoms with Crippen molar-refractivity contribution in [3.8, 4) is 0 Å². The molecule has 72 valence electrons. The highest BCUT2D eigenvalue weighted by molar-refractivity contribution is 5.13. The molecule has 0 heteroatoms. The Morgan fingerprint density at radius 2 is 1.67 bits per heavy atom. The summed E-state index contributed by atoms with van der Waals surface area (Å²) in [6.07, 6.45) is 8.56. The van der Waals surface area contributed by atoms with Crippen molar-refractivity contribution in [2.45, 2.75) is 53.9 Å². The van der Waals surface area contributed by atoms with Crippen molar-refractivity contribution in [3.63, 3.8) is 0 Å². The second-order valence-electron chi connectivity index (χ2n) is 3.02. The van der Waals surface area contributed by atoms with Gasteiger partial charge in [-0.05, 0) is 32.1 Å². The first kappa shape index (κ1) is 14.0. The van der Waals surface area contributed by atoms with Crippen molar-refractivity contribution in [1.82, 2.24) is 0 Å². The van der Waals surface area contributed by atoms with Crippen LogP contribution in [0.5, 0.6) is 0 Å². The van der Waals surface area contributed by atoms with Gasteiger partial charge in [0.15, 0.2) is 0 Å². The lowest BCUT2D eigenvalue weighted by Crippen LogP contribution is -1.95. The predicted molar refractivity (Wildman–Crippen MR) is 59.4 cm³/mol. The molecule has 0 unspecified atom stereocenters. The van der Waals surface area contributed by atoms with Gasteiger partial charge in [0.05, 0.1) is 0 Å². The zero-order valence-corrected chi connectivity index (χ0v) is 6.82. The average molecular weight is 168 g/mol. The maximum atomic E-state index is 3.98. The van der Waals surface area contributed by atoms with E-state index >= 15 is 0 Å². The summed E-state index contributed by atoms with van der Waals surface area (Å²) in [6, 6.07) is 0. The van der Waals surface area contributed by atoms with E-state index in [1.54, 1.807) is 5.57 Å². The minimum Gasteiger partial charge on any atom is -0.0998 e. The first-order chi connectivity index (χ1) is 4.83. The fourth-order valence-electron chi connectivity index (χ4n) is 1.42. The van der Waals surface area contributed by atoms with E-state index in [4.69, 9.17) is 0 Å². The normalized spacial score (nSPS) is 16.1. The second-order valence-corrected chi connectivity index (χ2v) is 3.02. The summed E-state index contributed by atoms with van der Waals surface area (Å²) in [4.78, 5) is 0. The van der Waals surface area contributed by atoms with E-state index in [1.165, 1.54) is 37.7 Å². The van der Waals surface area contributed by atoms with Crippen LogP contribution < -0.4 is 0 Å². The topological polar surface area (TPSA) is 0 Å². The van der Waals surface area contributed by atoms with E-state index < -0.39 is 0 Å². The monoisotopic (exact) mass is 168 g/mol. The molecule has 0 nitrogen and oxygen atoms in total. The molecule has 1 aliphatic carbocycles. The van der Waals surface area contributed by atoms with Gasteiger partial charge in [-0.2, -0.15) is 0 Å². The van der Waals surface area contributed by atoms with Gasteiger partial charge in [-0.1, -0.05) is 45.6 Å². The zero-order chi connectivity index (χ0) is 7.40. The van der Waals surface area contributed by atoms with Gasteiger partial charge in [-0.15, -0.1) is 0 Å². The van der Waals surface area contributed by atoms with Crippen LogP contribution in [0.15, 0.2) is 23.8 Å². The summed E-state index contributed by atoms with van der Waals surface area (Å²) in [5.41, 5.74) is 3.09. The Morgan fingerprint density at radius 3 is 2.08 bits per heavy atom. The highest BCUT2D eigenvalue weighted by Gasteiger charge is 2.06. The van der Waals surface area contributed by atoms with Gasteiger partial charge >= 0.3 is 0 Å². The van der Waals surface area contributed by atoms with Crippen LogP contribution in [0.25, 0.3) is 0 Å². The smallest absolute Gasteiger partial charge is 0.0283 e. The number of allylic oxidation sites excluding steroid dienone is 3. The maximum absolute atomic E-state index is 3.98. The van der Waals surface area contributed by atoms with E-state index in [0.29, 0.717) is 0 Å². The summed E-state index contributed by atoms with van der Waals surface area (Å²) < 4.78 is 0. The third kappa shape index (κ3) is 4.38. The Kier molecular flexibility index (Phi) is 8.36. The van der Waals surface area contributed by atoms with Gasteiger partial charge in [-0.3, -0.25) is 0 Å².